The predicted molar refractivity (Wildman–Crippen MR) is 99.3 cm³/mol. The largest absolute Gasteiger partial charge is 0.384 e. The minimum absolute atomic E-state index is 0.158. The summed E-state index contributed by atoms with van der Waals surface area (Å²) < 4.78 is 32.6. The van der Waals surface area contributed by atoms with E-state index in [4.69, 9.17) is 4.74 Å². The van der Waals surface area contributed by atoms with Gasteiger partial charge in [0.25, 0.3) is 0 Å². The number of hydrogen-bond acceptors (Lipinski definition) is 4. The average molecular weight is 381 g/mol. The highest BCUT2D eigenvalue weighted by Gasteiger charge is 2.43. The van der Waals surface area contributed by atoms with E-state index in [0.717, 1.165) is 32.0 Å². The number of piperidine rings is 1. The van der Waals surface area contributed by atoms with Gasteiger partial charge in [-0.05, 0) is 38.9 Å². The van der Waals surface area contributed by atoms with Gasteiger partial charge >= 0.3 is 0 Å². The Bertz CT molecular complexity index is 651. The van der Waals surface area contributed by atoms with Crippen molar-refractivity contribution in [2.45, 2.75) is 25.8 Å². The zero-order valence-electron chi connectivity index (χ0n) is 16.1. The molecule has 0 spiro atoms. The van der Waals surface area contributed by atoms with E-state index in [1.807, 2.05) is 11.8 Å². The zero-order valence-corrected chi connectivity index (χ0v) is 16.1. The van der Waals surface area contributed by atoms with Crippen LogP contribution in [0, 0.1) is 17.0 Å². The Balaban J connectivity index is 1.63. The molecule has 1 atom stereocenters. The summed E-state index contributed by atoms with van der Waals surface area (Å²) in [6, 6.07) is 3.57. The topological polar surface area (TPSA) is 44.8 Å². The third-order valence-corrected chi connectivity index (χ3v) is 6.00. The summed E-state index contributed by atoms with van der Waals surface area (Å²) in [5.74, 6) is -0.912. The van der Waals surface area contributed by atoms with Crippen molar-refractivity contribution in [2.24, 2.45) is 5.41 Å². The molecule has 1 aromatic carbocycles. The Labute approximate surface area is 159 Å². The lowest BCUT2D eigenvalue weighted by molar-refractivity contribution is -0.149. The van der Waals surface area contributed by atoms with Gasteiger partial charge in [0.2, 0.25) is 5.91 Å². The third-order valence-electron chi connectivity index (χ3n) is 6.00. The van der Waals surface area contributed by atoms with Gasteiger partial charge in [-0.3, -0.25) is 9.69 Å². The first-order valence-electron chi connectivity index (χ1n) is 9.65. The van der Waals surface area contributed by atoms with Gasteiger partial charge in [-0.25, -0.2) is 8.78 Å². The molecular weight excluding hydrogens is 352 g/mol. The Morgan fingerprint density at radius 2 is 1.89 bits per heavy atom. The second-order valence-corrected chi connectivity index (χ2v) is 7.63. The minimum atomic E-state index is -0.565. The molecule has 0 aromatic heterocycles. The van der Waals surface area contributed by atoms with E-state index in [0.29, 0.717) is 38.3 Å². The van der Waals surface area contributed by atoms with Crippen molar-refractivity contribution in [2.75, 3.05) is 53.0 Å². The summed E-state index contributed by atoms with van der Waals surface area (Å²) >= 11 is 0. The normalized spacial score (nSPS) is 21.9. The molecule has 2 heterocycles. The monoisotopic (exact) mass is 381 g/mol. The molecule has 0 aliphatic carbocycles. The number of halogens is 2. The molecule has 2 aliphatic rings. The molecule has 1 N–H and O–H groups in total. The number of carbonyl (C=O) groups is 1. The van der Waals surface area contributed by atoms with Crippen LogP contribution in [0.2, 0.25) is 0 Å². The molecule has 0 saturated carbocycles. The first kappa shape index (κ1) is 20.2. The fourth-order valence-electron chi connectivity index (χ4n) is 4.29. The highest BCUT2D eigenvalue weighted by atomic mass is 19.1. The van der Waals surface area contributed by atoms with Gasteiger partial charge in [0.1, 0.15) is 11.6 Å². The van der Waals surface area contributed by atoms with Gasteiger partial charge in [-0.2, -0.15) is 0 Å². The molecule has 3 rings (SSSR count). The van der Waals surface area contributed by atoms with Gasteiger partial charge in [0.05, 0.1) is 12.0 Å². The molecule has 0 bridgehead atoms. The number of nitrogens with zero attached hydrogens (tertiary/aromatic N) is 2. The highest BCUT2D eigenvalue weighted by Crippen LogP contribution is 2.33. The summed E-state index contributed by atoms with van der Waals surface area (Å²) in [4.78, 5) is 17.3. The van der Waals surface area contributed by atoms with Gasteiger partial charge in [0.15, 0.2) is 0 Å². The first-order chi connectivity index (χ1) is 13.0. The fourth-order valence-corrected chi connectivity index (χ4v) is 4.29. The Kier molecular flexibility index (Phi) is 6.44. The second-order valence-electron chi connectivity index (χ2n) is 7.63. The Morgan fingerprint density at radius 1 is 1.22 bits per heavy atom. The van der Waals surface area contributed by atoms with Gasteiger partial charge in [0, 0.05) is 51.0 Å². The number of methoxy groups -OCH3 is 1. The molecule has 1 aromatic rings. The quantitative estimate of drug-likeness (QED) is 0.849. The standard InChI is InChI=1S/C20H29F2N3O2/c1-15(17-4-3-16(21)13-18(17)22)24-9-11-25(12-10-24)19(26)20(14-27-2)5-7-23-8-6-20/h3-4,13,15,23H,5-12,14H2,1-2H3. The van der Waals surface area contributed by atoms with E-state index >= 15 is 0 Å². The van der Waals surface area contributed by atoms with Crippen LogP contribution in [-0.4, -0.2) is 68.7 Å². The number of nitrogens with one attached hydrogen (secondary N) is 1. The number of rotatable bonds is 5. The van der Waals surface area contributed by atoms with Crippen LogP contribution in [0.15, 0.2) is 18.2 Å². The number of amides is 1. The van der Waals surface area contributed by atoms with Crippen LogP contribution in [0.5, 0.6) is 0 Å². The van der Waals surface area contributed by atoms with Crippen molar-refractivity contribution in [1.82, 2.24) is 15.1 Å². The summed E-state index contributed by atoms with van der Waals surface area (Å²) in [5, 5.41) is 3.31. The van der Waals surface area contributed by atoms with Crippen LogP contribution < -0.4 is 5.32 Å². The lowest BCUT2D eigenvalue weighted by Crippen LogP contribution is -2.56. The lowest BCUT2D eigenvalue weighted by Gasteiger charge is -2.44. The third kappa shape index (κ3) is 4.31. The van der Waals surface area contributed by atoms with E-state index in [1.54, 1.807) is 7.11 Å². The molecule has 5 nitrogen and oxygen atoms in total. The molecule has 1 amide bonds. The predicted octanol–water partition coefficient (Wildman–Crippen LogP) is 2.19. The van der Waals surface area contributed by atoms with Crippen molar-refractivity contribution in [3.63, 3.8) is 0 Å². The van der Waals surface area contributed by atoms with Crippen LogP contribution in [0.4, 0.5) is 8.78 Å². The Hall–Kier alpha value is -1.57. The van der Waals surface area contributed by atoms with E-state index < -0.39 is 17.0 Å². The van der Waals surface area contributed by atoms with Crippen LogP contribution in [0.25, 0.3) is 0 Å². The molecule has 2 saturated heterocycles. The van der Waals surface area contributed by atoms with Crippen molar-refractivity contribution >= 4 is 5.91 Å². The number of benzene rings is 1. The summed E-state index contributed by atoms with van der Waals surface area (Å²) in [6.45, 7) is 6.61. The van der Waals surface area contributed by atoms with Crippen molar-refractivity contribution in [3.05, 3.63) is 35.4 Å². The molecule has 1 unspecified atom stereocenters. The smallest absolute Gasteiger partial charge is 0.231 e. The van der Waals surface area contributed by atoms with Gasteiger partial charge < -0.3 is 15.0 Å². The van der Waals surface area contributed by atoms with Crippen molar-refractivity contribution in [3.8, 4) is 0 Å². The maximum absolute atomic E-state index is 14.1. The average Bonchev–Trinajstić information content (AvgIpc) is 2.68. The van der Waals surface area contributed by atoms with E-state index in [1.165, 1.54) is 12.1 Å². The summed E-state index contributed by atoms with van der Waals surface area (Å²) in [6.07, 6.45) is 1.58. The molecule has 0 radical (unpaired) electrons. The van der Waals surface area contributed by atoms with Gasteiger partial charge in [-0.15, -0.1) is 0 Å². The summed E-state index contributed by atoms with van der Waals surface area (Å²) in [5.41, 5.74) is 0.0574. The number of piperazine rings is 1. The highest BCUT2D eigenvalue weighted by molar-refractivity contribution is 5.83. The van der Waals surface area contributed by atoms with Crippen LogP contribution >= 0.6 is 0 Å². The van der Waals surface area contributed by atoms with E-state index in [2.05, 4.69) is 10.2 Å². The van der Waals surface area contributed by atoms with Crippen LogP contribution in [0.3, 0.4) is 0 Å². The first-order valence-corrected chi connectivity index (χ1v) is 9.65. The van der Waals surface area contributed by atoms with E-state index in [9.17, 15) is 13.6 Å². The molecule has 150 valence electrons. The van der Waals surface area contributed by atoms with Crippen LogP contribution in [-0.2, 0) is 9.53 Å². The number of ether oxygens (including phenoxy) is 1. The second kappa shape index (κ2) is 8.63. The minimum Gasteiger partial charge on any atom is -0.384 e. The molecule has 7 heteroatoms. The molecule has 2 aliphatic heterocycles. The Morgan fingerprint density at radius 3 is 2.48 bits per heavy atom. The van der Waals surface area contributed by atoms with Crippen LogP contribution in [0.1, 0.15) is 31.4 Å². The van der Waals surface area contributed by atoms with Gasteiger partial charge in [-0.1, -0.05) is 6.07 Å². The fraction of sp³-hybridized carbons (Fsp3) is 0.650. The zero-order chi connectivity index (χ0) is 19.4. The number of carbonyl (C=O) groups excluding carboxylic acids is 1. The number of hydrogen-bond donors (Lipinski definition) is 1. The maximum atomic E-state index is 14.1. The summed E-state index contributed by atoms with van der Waals surface area (Å²) in [7, 11) is 1.65. The maximum Gasteiger partial charge on any atom is 0.231 e. The van der Waals surface area contributed by atoms with Crippen molar-refractivity contribution < 1.29 is 18.3 Å². The van der Waals surface area contributed by atoms with Crippen molar-refractivity contribution in [1.29, 1.82) is 0 Å². The van der Waals surface area contributed by atoms with E-state index in [-0.39, 0.29) is 11.9 Å². The molecule has 2 fully saturated rings. The SMILES string of the molecule is COCC1(C(=O)N2CCN(C(C)c3ccc(F)cc3F)CC2)CCNCC1. The molecular formula is C20H29F2N3O2. The lowest BCUT2D eigenvalue weighted by atomic mass is 9.78. The molecule has 27 heavy (non-hydrogen) atoms.